The van der Waals surface area contributed by atoms with Gasteiger partial charge in [-0.1, -0.05) is 0 Å². The Morgan fingerprint density at radius 1 is 1.33 bits per heavy atom. The fourth-order valence-corrected chi connectivity index (χ4v) is 1.84. The van der Waals surface area contributed by atoms with Crippen LogP contribution in [0.5, 0.6) is 0 Å². The number of hydrazine groups is 1. The van der Waals surface area contributed by atoms with Gasteiger partial charge in [0.1, 0.15) is 5.56 Å². The fourth-order valence-electron chi connectivity index (χ4n) is 1.84. The van der Waals surface area contributed by atoms with Gasteiger partial charge in [0.05, 0.1) is 5.69 Å². The molecule has 1 aromatic heterocycles. The number of pyridine rings is 1. The normalized spacial score (nSPS) is 15.1. The first-order chi connectivity index (χ1) is 8.56. The minimum atomic E-state index is -0.821. The summed E-state index contributed by atoms with van der Waals surface area (Å²) in [7, 11) is 0. The molecule has 1 saturated heterocycles. The lowest BCUT2D eigenvalue weighted by Crippen LogP contribution is -2.32. The molecule has 3 amide bonds. The number of nitrogen functional groups attached to an aromatic ring is 1. The van der Waals surface area contributed by atoms with Gasteiger partial charge in [-0.25, -0.2) is 15.7 Å². The molecule has 8 nitrogen and oxygen atoms in total. The lowest BCUT2D eigenvalue weighted by molar-refractivity contribution is -0.121. The summed E-state index contributed by atoms with van der Waals surface area (Å²) in [5, 5.41) is 0. The van der Waals surface area contributed by atoms with Gasteiger partial charge in [0.2, 0.25) is 11.8 Å². The van der Waals surface area contributed by atoms with Crippen molar-refractivity contribution in [3.63, 3.8) is 0 Å². The van der Waals surface area contributed by atoms with Crippen molar-refractivity contribution in [1.29, 1.82) is 0 Å². The number of nitrogens with zero attached hydrogens (tertiary/aromatic N) is 2. The summed E-state index contributed by atoms with van der Waals surface area (Å²) in [6.07, 6.45) is 1.56. The lowest BCUT2D eigenvalue weighted by atomic mass is 10.2. The van der Waals surface area contributed by atoms with Crippen LogP contribution in [0.15, 0.2) is 12.3 Å². The SMILES string of the molecule is NNc1nccc(N2C(=O)CCC2=O)c1C(N)=O. The van der Waals surface area contributed by atoms with Crippen LogP contribution in [0.3, 0.4) is 0 Å². The van der Waals surface area contributed by atoms with Gasteiger partial charge in [0.25, 0.3) is 5.91 Å². The maximum Gasteiger partial charge on any atom is 0.254 e. The van der Waals surface area contributed by atoms with E-state index in [2.05, 4.69) is 10.4 Å². The zero-order chi connectivity index (χ0) is 13.3. The molecular weight excluding hydrogens is 238 g/mol. The molecule has 0 spiro atoms. The van der Waals surface area contributed by atoms with E-state index in [-0.39, 0.29) is 41.7 Å². The van der Waals surface area contributed by atoms with Crippen LogP contribution in [-0.4, -0.2) is 22.7 Å². The number of nitrogens with two attached hydrogens (primary N) is 2. The van der Waals surface area contributed by atoms with E-state index in [0.717, 1.165) is 4.90 Å². The van der Waals surface area contributed by atoms with Crippen molar-refractivity contribution >= 4 is 29.2 Å². The van der Waals surface area contributed by atoms with Crippen molar-refractivity contribution in [2.75, 3.05) is 10.3 Å². The summed E-state index contributed by atoms with van der Waals surface area (Å²) in [6.45, 7) is 0. The summed E-state index contributed by atoms with van der Waals surface area (Å²) in [6, 6.07) is 1.38. The summed E-state index contributed by atoms with van der Waals surface area (Å²) in [4.78, 5) is 39.4. The number of hydrogen-bond acceptors (Lipinski definition) is 6. The molecule has 0 aromatic carbocycles. The third-order valence-electron chi connectivity index (χ3n) is 2.60. The van der Waals surface area contributed by atoms with Crippen molar-refractivity contribution in [1.82, 2.24) is 4.98 Å². The molecule has 1 fully saturated rings. The summed E-state index contributed by atoms with van der Waals surface area (Å²) < 4.78 is 0. The van der Waals surface area contributed by atoms with Gasteiger partial charge in [-0.3, -0.25) is 14.4 Å². The zero-order valence-corrected chi connectivity index (χ0v) is 9.34. The number of hydrogen-bond donors (Lipinski definition) is 3. The minimum absolute atomic E-state index is 0.0208. The molecule has 0 bridgehead atoms. The number of carbonyl (C=O) groups is 3. The van der Waals surface area contributed by atoms with Gasteiger partial charge in [-0.15, -0.1) is 0 Å². The molecule has 0 aliphatic carbocycles. The number of carbonyl (C=O) groups excluding carboxylic acids is 3. The van der Waals surface area contributed by atoms with Crippen molar-refractivity contribution in [2.24, 2.45) is 11.6 Å². The quantitative estimate of drug-likeness (QED) is 0.362. The molecule has 1 aliphatic heterocycles. The van der Waals surface area contributed by atoms with Crippen LogP contribution < -0.4 is 21.9 Å². The van der Waals surface area contributed by atoms with Crippen LogP contribution in [0.4, 0.5) is 11.5 Å². The molecule has 1 aliphatic rings. The maximum absolute atomic E-state index is 11.6. The topological polar surface area (TPSA) is 131 Å². The number of amides is 3. The minimum Gasteiger partial charge on any atom is -0.365 e. The number of nitrogens with one attached hydrogen (secondary N) is 1. The summed E-state index contributed by atoms with van der Waals surface area (Å²) >= 11 is 0. The van der Waals surface area contributed by atoms with Gasteiger partial charge in [0, 0.05) is 19.0 Å². The van der Waals surface area contributed by atoms with Gasteiger partial charge < -0.3 is 11.2 Å². The Hall–Kier alpha value is -2.48. The van der Waals surface area contributed by atoms with E-state index in [4.69, 9.17) is 11.6 Å². The summed E-state index contributed by atoms with van der Waals surface area (Å²) in [5.74, 6) is 3.66. The van der Waals surface area contributed by atoms with Crippen molar-refractivity contribution in [3.8, 4) is 0 Å². The number of imide groups is 1. The first-order valence-electron chi connectivity index (χ1n) is 5.17. The Balaban J connectivity index is 2.60. The zero-order valence-electron chi connectivity index (χ0n) is 9.34. The second kappa shape index (κ2) is 4.41. The smallest absolute Gasteiger partial charge is 0.254 e. The molecule has 0 unspecified atom stereocenters. The van der Waals surface area contributed by atoms with Crippen molar-refractivity contribution in [2.45, 2.75) is 12.8 Å². The predicted molar refractivity (Wildman–Crippen MR) is 62.3 cm³/mol. The van der Waals surface area contributed by atoms with E-state index in [1.54, 1.807) is 0 Å². The summed E-state index contributed by atoms with van der Waals surface area (Å²) in [5.41, 5.74) is 7.46. The van der Waals surface area contributed by atoms with Crippen LogP contribution in [0.2, 0.25) is 0 Å². The Morgan fingerprint density at radius 2 is 1.94 bits per heavy atom. The third kappa shape index (κ3) is 1.78. The Kier molecular flexibility index (Phi) is 2.94. The maximum atomic E-state index is 11.6. The lowest BCUT2D eigenvalue weighted by Gasteiger charge is -2.18. The molecule has 1 aromatic rings. The van der Waals surface area contributed by atoms with Gasteiger partial charge in [0.15, 0.2) is 5.82 Å². The van der Waals surface area contributed by atoms with E-state index in [1.165, 1.54) is 12.3 Å². The Morgan fingerprint density at radius 3 is 2.44 bits per heavy atom. The standard InChI is InChI=1S/C10H11N5O3/c11-9(18)8-5(3-4-13-10(8)14-12)15-6(16)1-2-7(15)17/h3-4H,1-2,12H2,(H2,11,18)(H,13,14). The largest absolute Gasteiger partial charge is 0.365 e. The van der Waals surface area contributed by atoms with Crippen LogP contribution in [-0.2, 0) is 9.59 Å². The third-order valence-corrected chi connectivity index (χ3v) is 2.60. The number of primary amides is 1. The first kappa shape index (κ1) is 12.0. The second-order valence-corrected chi connectivity index (χ2v) is 3.69. The van der Waals surface area contributed by atoms with Crippen LogP contribution >= 0.6 is 0 Å². The molecule has 0 radical (unpaired) electrons. The average molecular weight is 249 g/mol. The van der Waals surface area contributed by atoms with Crippen LogP contribution in [0.1, 0.15) is 23.2 Å². The van der Waals surface area contributed by atoms with Gasteiger partial charge >= 0.3 is 0 Å². The molecule has 18 heavy (non-hydrogen) atoms. The predicted octanol–water partition coefficient (Wildman–Crippen LogP) is -0.881. The van der Waals surface area contributed by atoms with Crippen molar-refractivity contribution in [3.05, 3.63) is 17.8 Å². The molecule has 2 rings (SSSR count). The molecule has 0 saturated carbocycles. The molecule has 5 N–H and O–H groups in total. The molecule has 8 heteroatoms. The number of rotatable bonds is 3. The Labute approximate surface area is 102 Å². The van der Waals surface area contributed by atoms with E-state index in [1.807, 2.05) is 0 Å². The highest BCUT2D eigenvalue weighted by molar-refractivity contribution is 6.22. The monoisotopic (exact) mass is 249 g/mol. The van der Waals surface area contributed by atoms with Crippen LogP contribution in [0.25, 0.3) is 0 Å². The second-order valence-electron chi connectivity index (χ2n) is 3.69. The molecule has 0 atom stereocenters. The molecular formula is C10H11N5O3. The molecule has 2 heterocycles. The van der Waals surface area contributed by atoms with E-state index < -0.39 is 5.91 Å². The highest BCUT2D eigenvalue weighted by Gasteiger charge is 2.33. The van der Waals surface area contributed by atoms with Gasteiger partial charge in [-0.2, -0.15) is 0 Å². The van der Waals surface area contributed by atoms with Gasteiger partial charge in [-0.05, 0) is 6.07 Å². The van der Waals surface area contributed by atoms with E-state index in [9.17, 15) is 14.4 Å². The highest BCUT2D eigenvalue weighted by atomic mass is 16.2. The van der Waals surface area contributed by atoms with Crippen molar-refractivity contribution < 1.29 is 14.4 Å². The first-order valence-corrected chi connectivity index (χ1v) is 5.17. The number of anilines is 2. The van der Waals surface area contributed by atoms with E-state index >= 15 is 0 Å². The number of aromatic nitrogens is 1. The highest BCUT2D eigenvalue weighted by Crippen LogP contribution is 2.29. The molecule has 94 valence electrons. The fraction of sp³-hybridized carbons (Fsp3) is 0.200. The van der Waals surface area contributed by atoms with E-state index in [0.29, 0.717) is 0 Å². The average Bonchev–Trinajstić information content (AvgIpc) is 2.67. The van der Waals surface area contributed by atoms with Crippen LogP contribution in [0, 0.1) is 0 Å². The Bertz CT molecular complexity index is 526.